The zero-order valence-electron chi connectivity index (χ0n) is 31.1. The van der Waals surface area contributed by atoms with Gasteiger partial charge in [0.05, 0.1) is 19.8 Å². The smallest absolute Gasteiger partial charge is 0.407 e. The van der Waals surface area contributed by atoms with Crippen molar-refractivity contribution in [3.05, 3.63) is 167 Å². The van der Waals surface area contributed by atoms with Gasteiger partial charge in [0.1, 0.15) is 12.6 Å². The van der Waals surface area contributed by atoms with Gasteiger partial charge in [-0.15, -0.1) is 0 Å². The summed E-state index contributed by atoms with van der Waals surface area (Å²) in [5, 5.41) is 2.88. The molecule has 280 valence electrons. The van der Waals surface area contributed by atoms with Gasteiger partial charge in [0.15, 0.2) is 6.29 Å². The molecule has 0 saturated carbocycles. The van der Waals surface area contributed by atoms with Crippen LogP contribution in [0.2, 0.25) is 0 Å². The summed E-state index contributed by atoms with van der Waals surface area (Å²) in [5.74, 6) is -0.391. The van der Waals surface area contributed by atoms with Gasteiger partial charge in [-0.25, -0.2) is 4.79 Å². The van der Waals surface area contributed by atoms with Crippen molar-refractivity contribution in [2.75, 3.05) is 39.5 Å². The minimum absolute atomic E-state index is 0.0307. The molecule has 0 heterocycles. The van der Waals surface area contributed by atoms with Crippen molar-refractivity contribution in [3.8, 4) is 11.1 Å². The molecular weight excluding hydrogens is 677 g/mol. The third-order valence-electron chi connectivity index (χ3n) is 9.81. The number of ether oxygens (including phenoxy) is 4. The molecule has 0 saturated heterocycles. The number of carbonyl (C=O) groups excluding carboxylic acids is 2. The molecule has 1 N–H and O–H groups in total. The van der Waals surface area contributed by atoms with Crippen molar-refractivity contribution >= 4 is 12.0 Å². The maximum absolute atomic E-state index is 14.7. The molecule has 8 heteroatoms. The average molecular weight is 727 g/mol. The third-order valence-corrected chi connectivity index (χ3v) is 9.81. The van der Waals surface area contributed by atoms with Crippen LogP contribution < -0.4 is 5.32 Å². The van der Waals surface area contributed by atoms with Crippen LogP contribution in [0.25, 0.3) is 11.1 Å². The normalized spacial score (nSPS) is 12.7. The first kappa shape index (κ1) is 38.4. The van der Waals surface area contributed by atoms with Crippen LogP contribution in [0.1, 0.15) is 59.9 Å². The first-order chi connectivity index (χ1) is 26.6. The molecule has 1 aliphatic rings. The monoisotopic (exact) mass is 726 g/mol. The Labute approximate surface area is 319 Å². The van der Waals surface area contributed by atoms with Crippen LogP contribution in [0.4, 0.5) is 4.79 Å². The molecule has 0 aromatic heterocycles. The summed E-state index contributed by atoms with van der Waals surface area (Å²) in [7, 11) is 0. The summed E-state index contributed by atoms with van der Waals surface area (Å²) in [6.07, 6.45) is -0.694. The van der Waals surface area contributed by atoms with Crippen LogP contribution in [0.3, 0.4) is 0 Å². The molecule has 6 rings (SSSR count). The number of rotatable bonds is 19. The van der Waals surface area contributed by atoms with E-state index in [1.165, 1.54) is 0 Å². The third kappa shape index (κ3) is 10.0. The number of hydrogen-bond donors (Lipinski definition) is 1. The minimum atomic E-state index is -1.03. The Morgan fingerprint density at radius 1 is 0.685 bits per heavy atom. The molecule has 0 spiro atoms. The number of nitrogens with zero attached hydrogens (tertiary/aromatic N) is 1. The molecule has 0 fully saturated rings. The van der Waals surface area contributed by atoms with Gasteiger partial charge >= 0.3 is 6.09 Å². The Morgan fingerprint density at radius 2 is 1.20 bits per heavy atom. The molecule has 8 nitrogen and oxygen atoms in total. The Kier molecular flexibility index (Phi) is 14.0. The maximum atomic E-state index is 14.7. The second-order valence-electron chi connectivity index (χ2n) is 13.3. The van der Waals surface area contributed by atoms with Crippen molar-refractivity contribution in [1.82, 2.24) is 10.2 Å². The number of nitrogens with one attached hydrogen (secondary N) is 1. The highest BCUT2D eigenvalue weighted by Gasteiger charge is 2.32. The largest absolute Gasteiger partial charge is 0.449 e. The van der Waals surface area contributed by atoms with Gasteiger partial charge in [-0.05, 0) is 59.2 Å². The summed E-state index contributed by atoms with van der Waals surface area (Å²) in [6.45, 7) is 5.56. The lowest BCUT2D eigenvalue weighted by molar-refractivity contribution is -0.160. The summed E-state index contributed by atoms with van der Waals surface area (Å²) >= 11 is 0. The molecule has 1 aliphatic carbocycles. The van der Waals surface area contributed by atoms with Crippen LogP contribution in [-0.4, -0.2) is 68.7 Å². The van der Waals surface area contributed by atoms with Crippen LogP contribution >= 0.6 is 0 Å². The maximum Gasteiger partial charge on any atom is 0.407 e. The Hall–Kier alpha value is -5.28. The molecule has 0 unspecified atom stereocenters. The molecule has 2 amide bonds. The molecule has 1 atom stereocenters. The lowest BCUT2D eigenvalue weighted by Gasteiger charge is -2.32. The van der Waals surface area contributed by atoms with E-state index in [2.05, 4.69) is 53.8 Å². The number of hydrogen-bond acceptors (Lipinski definition) is 6. The quantitative estimate of drug-likeness (QED) is 0.0859. The zero-order chi connectivity index (χ0) is 37.5. The van der Waals surface area contributed by atoms with E-state index in [9.17, 15) is 9.59 Å². The summed E-state index contributed by atoms with van der Waals surface area (Å²) in [6, 6.07) is 45.7. The second kappa shape index (κ2) is 19.7. The van der Waals surface area contributed by atoms with Crippen molar-refractivity contribution in [2.45, 2.75) is 51.0 Å². The van der Waals surface area contributed by atoms with E-state index in [-0.39, 0.29) is 44.1 Å². The van der Waals surface area contributed by atoms with E-state index in [4.69, 9.17) is 18.9 Å². The highest BCUT2D eigenvalue weighted by molar-refractivity contribution is 5.86. The predicted molar refractivity (Wildman–Crippen MR) is 211 cm³/mol. The Morgan fingerprint density at radius 3 is 1.76 bits per heavy atom. The van der Waals surface area contributed by atoms with Crippen LogP contribution in [0, 0.1) is 0 Å². The van der Waals surface area contributed by atoms with Gasteiger partial charge in [-0.2, -0.15) is 0 Å². The lowest BCUT2D eigenvalue weighted by Crippen LogP contribution is -2.53. The van der Waals surface area contributed by atoms with Crippen molar-refractivity contribution in [1.29, 1.82) is 0 Å². The number of alkyl carbamates (subject to hydrolysis) is 1. The highest BCUT2D eigenvalue weighted by Crippen LogP contribution is 2.44. The van der Waals surface area contributed by atoms with Gasteiger partial charge in [0, 0.05) is 31.6 Å². The summed E-state index contributed by atoms with van der Waals surface area (Å²) in [5.41, 5.74) is 7.78. The standard InChI is InChI=1S/C46H50N2O6/c1-3-52-44(53-4-2)30-48(29-28-37(35-20-10-6-11-21-35)36-22-12-7-13-23-36)45(49)43(33-51-31-34-18-8-5-9-19-34)47-46(50)54-32-42-40-26-16-14-24-38(40)39-25-15-17-27-41(39)42/h5-27,37,42-44H,3-4,28-33H2,1-2H3,(H,47,50)/t43-/m0/s1. The molecule has 0 bridgehead atoms. The molecular formula is C46H50N2O6. The van der Waals surface area contributed by atoms with E-state index < -0.39 is 18.4 Å². The van der Waals surface area contributed by atoms with Crippen molar-refractivity contribution < 1.29 is 28.5 Å². The van der Waals surface area contributed by atoms with Gasteiger partial charge in [0.2, 0.25) is 5.91 Å². The number of amides is 2. The fraction of sp³-hybridized carbons (Fsp3) is 0.304. The fourth-order valence-electron chi connectivity index (χ4n) is 7.22. The van der Waals surface area contributed by atoms with E-state index in [1.54, 1.807) is 4.90 Å². The SMILES string of the molecule is CCOC(CN(CCC(c1ccccc1)c1ccccc1)C(=O)[C@H](COCc1ccccc1)NC(=O)OCC1c2ccccc2-c2ccccc21)OCC. The van der Waals surface area contributed by atoms with E-state index in [1.807, 2.05) is 105 Å². The summed E-state index contributed by atoms with van der Waals surface area (Å²) in [4.78, 5) is 30.1. The highest BCUT2D eigenvalue weighted by atomic mass is 16.7. The zero-order valence-corrected chi connectivity index (χ0v) is 31.1. The van der Waals surface area contributed by atoms with Crippen LogP contribution in [0.5, 0.6) is 0 Å². The second-order valence-corrected chi connectivity index (χ2v) is 13.3. The van der Waals surface area contributed by atoms with E-state index in [0.717, 1.165) is 38.9 Å². The molecule has 0 radical (unpaired) electrons. The topological polar surface area (TPSA) is 86.3 Å². The first-order valence-electron chi connectivity index (χ1n) is 18.9. The Balaban J connectivity index is 1.22. The molecule has 0 aliphatic heterocycles. The van der Waals surface area contributed by atoms with E-state index in [0.29, 0.717) is 26.2 Å². The van der Waals surface area contributed by atoms with Gasteiger partial charge in [-0.3, -0.25) is 4.79 Å². The lowest BCUT2D eigenvalue weighted by atomic mass is 9.88. The number of benzene rings is 5. The molecule has 54 heavy (non-hydrogen) atoms. The van der Waals surface area contributed by atoms with Gasteiger partial charge in [0.25, 0.3) is 0 Å². The van der Waals surface area contributed by atoms with Crippen molar-refractivity contribution in [2.24, 2.45) is 0 Å². The minimum Gasteiger partial charge on any atom is -0.449 e. The number of fused-ring (bicyclic) bond motifs is 3. The van der Waals surface area contributed by atoms with Crippen LogP contribution in [-0.2, 0) is 30.3 Å². The fourth-order valence-corrected chi connectivity index (χ4v) is 7.22. The summed E-state index contributed by atoms with van der Waals surface area (Å²) < 4.78 is 23.9. The van der Waals surface area contributed by atoms with Crippen LogP contribution in [0.15, 0.2) is 140 Å². The molecule has 5 aromatic carbocycles. The van der Waals surface area contributed by atoms with Crippen molar-refractivity contribution in [3.63, 3.8) is 0 Å². The van der Waals surface area contributed by atoms with Gasteiger partial charge in [-0.1, -0.05) is 140 Å². The number of carbonyl (C=O) groups is 2. The predicted octanol–water partition coefficient (Wildman–Crippen LogP) is 8.56. The van der Waals surface area contributed by atoms with Gasteiger partial charge < -0.3 is 29.2 Å². The average Bonchev–Trinajstić information content (AvgIpc) is 3.54. The Bertz CT molecular complexity index is 1810. The first-order valence-corrected chi connectivity index (χ1v) is 18.9. The molecule has 5 aromatic rings. The van der Waals surface area contributed by atoms with E-state index >= 15 is 0 Å².